The fourth-order valence-electron chi connectivity index (χ4n) is 3.67. The zero-order valence-corrected chi connectivity index (χ0v) is 17.2. The van der Waals surface area contributed by atoms with Gasteiger partial charge in [0.1, 0.15) is 11.5 Å². The lowest BCUT2D eigenvalue weighted by molar-refractivity contribution is -0.192. The zero-order valence-electron chi connectivity index (χ0n) is 17.2. The van der Waals surface area contributed by atoms with Crippen molar-refractivity contribution in [1.82, 2.24) is 19.4 Å². The molecule has 2 aromatic rings. The van der Waals surface area contributed by atoms with Crippen molar-refractivity contribution in [2.75, 3.05) is 19.6 Å². The molecule has 1 N–H and O–H groups in total. The number of furan rings is 1. The molecule has 8 nitrogen and oxygen atoms in total. The van der Waals surface area contributed by atoms with Crippen LogP contribution in [0.4, 0.5) is 22.0 Å². The fourth-order valence-corrected chi connectivity index (χ4v) is 3.67. The van der Waals surface area contributed by atoms with Crippen LogP contribution in [0.1, 0.15) is 28.8 Å². The number of carboxylic acids is 1. The molecule has 1 atom stereocenters. The third-order valence-corrected chi connectivity index (χ3v) is 5.08. The van der Waals surface area contributed by atoms with E-state index in [1.807, 2.05) is 30.7 Å². The number of carbonyl (C=O) groups excluding carboxylic acids is 1. The summed E-state index contributed by atoms with van der Waals surface area (Å²) >= 11 is 0. The van der Waals surface area contributed by atoms with E-state index in [-0.39, 0.29) is 5.91 Å². The molecule has 2 aliphatic heterocycles. The predicted octanol–water partition coefficient (Wildman–Crippen LogP) is 2.53. The third kappa shape index (κ3) is 5.26. The van der Waals surface area contributed by atoms with Crippen LogP contribution in [0.15, 0.2) is 22.9 Å². The van der Waals surface area contributed by atoms with Gasteiger partial charge in [-0.2, -0.15) is 13.2 Å². The van der Waals surface area contributed by atoms with Crippen molar-refractivity contribution in [1.29, 1.82) is 0 Å². The number of hydrogen-bond acceptors (Lipinski definition) is 5. The maximum Gasteiger partial charge on any atom is 0.490 e. The first-order chi connectivity index (χ1) is 14.8. The second kappa shape index (κ2) is 8.52. The van der Waals surface area contributed by atoms with E-state index in [1.54, 1.807) is 6.33 Å². The monoisotopic (exact) mass is 464 g/mol. The highest BCUT2D eigenvalue weighted by Crippen LogP contribution is 2.34. The summed E-state index contributed by atoms with van der Waals surface area (Å²) in [6.07, 6.45) is -3.41. The molecule has 0 aromatic carbocycles. The minimum absolute atomic E-state index is 0.254. The highest BCUT2D eigenvalue weighted by atomic mass is 19.4. The van der Waals surface area contributed by atoms with E-state index in [2.05, 4.69) is 9.88 Å². The smallest absolute Gasteiger partial charge is 0.475 e. The molecule has 1 amide bonds. The van der Waals surface area contributed by atoms with Gasteiger partial charge in [0.15, 0.2) is 0 Å². The van der Waals surface area contributed by atoms with Crippen molar-refractivity contribution >= 4 is 11.9 Å². The van der Waals surface area contributed by atoms with Gasteiger partial charge in [0, 0.05) is 20.1 Å². The SMILES string of the molecule is Cc1ccc(CN2Cc3ncn(C)c3C(C(=O)N3CC(F)(F)C3)C2)o1.O=C(O)C(F)(F)F. The molecular weight excluding hydrogens is 443 g/mol. The number of carbonyl (C=O) groups is 2. The molecule has 1 saturated heterocycles. The Morgan fingerprint density at radius 1 is 1.28 bits per heavy atom. The average Bonchev–Trinajstić information content (AvgIpc) is 3.24. The number of alkyl halides is 5. The van der Waals surface area contributed by atoms with Crippen molar-refractivity contribution in [3.63, 3.8) is 0 Å². The number of nitrogens with zero attached hydrogens (tertiary/aromatic N) is 4. The Bertz CT molecular complexity index is 992. The molecule has 0 bridgehead atoms. The first kappa shape index (κ1) is 23.7. The van der Waals surface area contributed by atoms with Crippen LogP contribution in [0.5, 0.6) is 0 Å². The third-order valence-electron chi connectivity index (χ3n) is 5.08. The van der Waals surface area contributed by atoms with Gasteiger partial charge >= 0.3 is 12.1 Å². The minimum Gasteiger partial charge on any atom is -0.475 e. The molecule has 1 fully saturated rings. The lowest BCUT2D eigenvalue weighted by Gasteiger charge is -2.42. The van der Waals surface area contributed by atoms with Gasteiger partial charge in [-0.15, -0.1) is 0 Å². The number of aryl methyl sites for hydroxylation is 2. The van der Waals surface area contributed by atoms with E-state index in [4.69, 9.17) is 14.3 Å². The summed E-state index contributed by atoms with van der Waals surface area (Å²) in [5, 5.41) is 7.12. The van der Waals surface area contributed by atoms with E-state index in [1.165, 1.54) is 4.90 Å². The highest BCUT2D eigenvalue weighted by molar-refractivity contribution is 5.85. The molecule has 2 aromatic heterocycles. The number of likely N-dealkylation sites (tertiary alicyclic amines) is 1. The van der Waals surface area contributed by atoms with Gasteiger partial charge < -0.3 is 19.0 Å². The molecule has 0 aliphatic carbocycles. The minimum atomic E-state index is -5.08. The van der Waals surface area contributed by atoms with Gasteiger partial charge in [-0.25, -0.2) is 18.6 Å². The van der Waals surface area contributed by atoms with E-state index < -0.39 is 37.1 Å². The van der Waals surface area contributed by atoms with Crippen LogP contribution in [0, 0.1) is 6.92 Å². The van der Waals surface area contributed by atoms with Gasteiger partial charge in [0.05, 0.1) is 43.3 Å². The normalized spacial score (nSPS) is 20.1. The summed E-state index contributed by atoms with van der Waals surface area (Å²) in [4.78, 5) is 29.4. The Morgan fingerprint density at radius 3 is 2.41 bits per heavy atom. The molecule has 0 spiro atoms. The molecule has 0 saturated carbocycles. The van der Waals surface area contributed by atoms with Crippen LogP contribution in [0.3, 0.4) is 0 Å². The first-order valence-corrected chi connectivity index (χ1v) is 9.51. The summed E-state index contributed by atoms with van der Waals surface area (Å²) in [5.74, 6) is -4.60. The van der Waals surface area contributed by atoms with Gasteiger partial charge in [-0.1, -0.05) is 0 Å². The maximum atomic E-state index is 13.2. The second-order valence-electron chi connectivity index (χ2n) is 7.78. The largest absolute Gasteiger partial charge is 0.490 e. The number of imidazole rings is 1. The van der Waals surface area contributed by atoms with E-state index in [0.29, 0.717) is 19.6 Å². The topological polar surface area (TPSA) is 91.8 Å². The van der Waals surface area contributed by atoms with Gasteiger partial charge in [0.2, 0.25) is 5.91 Å². The second-order valence-corrected chi connectivity index (χ2v) is 7.78. The number of fused-ring (bicyclic) bond motifs is 1. The number of hydrogen-bond donors (Lipinski definition) is 1. The first-order valence-electron chi connectivity index (χ1n) is 9.51. The molecule has 4 rings (SSSR count). The quantitative estimate of drug-likeness (QED) is 0.703. The van der Waals surface area contributed by atoms with Crippen molar-refractivity contribution in [2.45, 2.75) is 38.0 Å². The molecule has 2 aliphatic rings. The maximum absolute atomic E-state index is 13.2. The Hall–Kier alpha value is -2.96. The Labute approximate surface area is 179 Å². The molecule has 32 heavy (non-hydrogen) atoms. The standard InChI is InChI=1S/C17H20F2N4O2.C2HF3O2/c1-11-3-4-12(25-11)5-22-6-13(15-14(7-22)20-10-21(15)2)16(24)23-8-17(18,19)9-23;3-2(4,5)1(6)7/h3-4,10,13H,5-9H2,1-2H3;(H,6,7). The number of carboxylic acid groups (broad SMARTS) is 1. The fraction of sp³-hybridized carbons (Fsp3) is 0.526. The number of aliphatic carboxylic acids is 1. The van der Waals surface area contributed by atoms with Crippen molar-refractivity contribution < 1.29 is 41.1 Å². The molecule has 4 heterocycles. The number of halogens is 5. The highest BCUT2D eigenvalue weighted by Gasteiger charge is 2.49. The summed E-state index contributed by atoms with van der Waals surface area (Å²) in [6, 6.07) is 3.81. The van der Waals surface area contributed by atoms with Gasteiger partial charge in [-0.3, -0.25) is 9.69 Å². The Balaban J connectivity index is 0.000000360. The lowest BCUT2D eigenvalue weighted by Crippen LogP contribution is -2.60. The molecular formula is C19H21F5N4O4. The predicted molar refractivity (Wildman–Crippen MR) is 98.7 cm³/mol. The Morgan fingerprint density at radius 2 is 1.91 bits per heavy atom. The molecule has 0 radical (unpaired) electrons. The van der Waals surface area contributed by atoms with Crippen LogP contribution >= 0.6 is 0 Å². The number of amides is 1. The summed E-state index contributed by atoms with van der Waals surface area (Å²) in [5.41, 5.74) is 1.65. The van der Waals surface area contributed by atoms with E-state index in [9.17, 15) is 26.7 Å². The van der Waals surface area contributed by atoms with Gasteiger partial charge in [0.25, 0.3) is 5.92 Å². The number of aromatic nitrogens is 2. The van der Waals surface area contributed by atoms with Crippen LogP contribution < -0.4 is 0 Å². The molecule has 1 unspecified atom stereocenters. The number of rotatable bonds is 3. The zero-order chi connectivity index (χ0) is 23.8. The van der Waals surface area contributed by atoms with Crippen LogP contribution in [0.2, 0.25) is 0 Å². The summed E-state index contributed by atoms with van der Waals surface area (Å²) < 4.78 is 65.5. The van der Waals surface area contributed by atoms with Crippen LogP contribution in [0.25, 0.3) is 0 Å². The molecule has 176 valence electrons. The lowest BCUT2D eigenvalue weighted by atomic mass is 9.94. The van der Waals surface area contributed by atoms with Crippen molar-refractivity contribution in [3.05, 3.63) is 41.4 Å². The van der Waals surface area contributed by atoms with Gasteiger partial charge in [-0.05, 0) is 19.1 Å². The molecule has 13 heteroatoms. The average molecular weight is 464 g/mol. The summed E-state index contributed by atoms with van der Waals surface area (Å²) in [7, 11) is 1.84. The van der Waals surface area contributed by atoms with Crippen molar-refractivity contribution in [2.24, 2.45) is 7.05 Å². The summed E-state index contributed by atoms with van der Waals surface area (Å²) in [6.45, 7) is 2.53. The van der Waals surface area contributed by atoms with Crippen LogP contribution in [-0.2, 0) is 29.7 Å². The van der Waals surface area contributed by atoms with Crippen molar-refractivity contribution in [3.8, 4) is 0 Å². The Kier molecular flexibility index (Phi) is 6.31. The van der Waals surface area contributed by atoms with Crippen LogP contribution in [-0.4, -0.2) is 68.1 Å². The van der Waals surface area contributed by atoms with E-state index in [0.717, 1.165) is 22.9 Å². The van der Waals surface area contributed by atoms with E-state index >= 15 is 0 Å².